The first-order chi connectivity index (χ1) is 12.0. The Kier molecular flexibility index (Phi) is 4.89. The number of nitrogens with one attached hydrogen (secondary N) is 2. The number of carboxylic acid groups (broad SMARTS) is 1. The van der Waals surface area contributed by atoms with Crippen molar-refractivity contribution in [3.63, 3.8) is 0 Å². The van der Waals surface area contributed by atoms with E-state index >= 15 is 0 Å². The van der Waals surface area contributed by atoms with Gasteiger partial charge in [-0.2, -0.15) is 0 Å². The molecule has 2 amide bonds. The molecule has 0 radical (unpaired) electrons. The van der Waals surface area contributed by atoms with Crippen LogP contribution in [0.5, 0.6) is 5.75 Å². The molecule has 1 atom stereocenters. The summed E-state index contributed by atoms with van der Waals surface area (Å²) in [4.78, 5) is 35.7. The fourth-order valence-electron chi connectivity index (χ4n) is 3.14. The number of rotatable bonds is 5. The van der Waals surface area contributed by atoms with E-state index in [4.69, 9.17) is 14.6 Å². The zero-order valence-corrected chi connectivity index (χ0v) is 13.6. The molecular weight excluding hydrogens is 328 g/mol. The lowest BCUT2D eigenvalue weighted by molar-refractivity contribution is -0.141. The normalized spacial score (nSPS) is 21.4. The van der Waals surface area contributed by atoms with Crippen molar-refractivity contribution in [1.82, 2.24) is 5.32 Å². The molecule has 25 heavy (non-hydrogen) atoms. The fraction of sp³-hybridized carbons (Fsp3) is 0.471. The van der Waals surface area contributed by atoms with Crippen molar-refractivity contribution < 1.29 is 29.0 Å². The lowest BCUT2D eigenvalue weighted by atomic mass is 9.86. The number of carbonyl (C=O) groups is 3. The van der Waals surface area contributed by atoms with Gasteiger partial charge < -0.3 is 25.2 Å². The van der Waals surface area contributed by atoms with Crippen molar-refractivity contribution in [3.05, 3.63) is 24.3 Å². The maximum atomic E-state index is 12.4. The van der Waals surface area contributed by atoms with Crippen molar-refractivity contribution in [2.45, 2.75) is 37.3 Å². The first-order valence-corrected chi connectivity index (χ1v) is 8.15. The molecule has 1 aromatic carbocycles. The molecule has 1 saturated heterocycles. The summed E-state index contributed by atoms with van der Waals surface area (Å²) in [5.74, 6) is -1.29. The van der Waals surface area contributed by atoms with E-state index in [-0.39, 0.29) is 12.8 Å². The van der Waals surface area contributed by atoms with Crippen LogP contribution in [0.2, 0.25) is 0 Å². The first kappa shape index (κ1) is 17.2. The van der Waals surface area contributed by atoms with E-state index in [9.17, 15) is 14.4 Å². The highest BCUT2D eigenvalue weighted by molar-refractivity contribution is 6.00. The number of anilines is 1. The molecule has 1 fully saturated rings. The smallest absolute Gasteiger partial charge is 0.305 e. The van der Waals surface area contributed by atoms with Gasteiger partial charge in [0.15, 0.2) is 6.10 Å². The predicted molar refractivity (Wildman–Crippen MR) is 87.3 cm³/mol. The minimum atomic E-state index is -0.984. The summed E-state index contributed by atoms with van der Waals surface area (Å²) in [6.07, 6.45) is -0.459. The van der Waals surface area contributed by atoms with Crippen LogP contribution in [-0.2, 0) is 19.1 Å². The van der Waals surface area contributed by atoms with Gasteiger partial charge in [-0.1, -0.05) is 12.1 Å². The Bertz CT molecular complexity index is 683. The molecule has 0 aliphatic carbocycles. The lowest BCUT2D eigenvalue weighted by Crippen LogP contribution is -2.54. The van der Waals surface area contributed by atoms with Gasteiger partial charge in [0.2, 0.25) is 5.91 Å². The number of amides is 2. The van der Waals surface area contributed by atoms with E-state index in [1.807, 2.05) is 0 Å². The van der Waals surface area contributed by atoms with Crippen molar-refractivity contribution in [3.8, 4) is 5.75 Å². The molecule has 2 heterocycles. The van der Waals surface area contributed by atoms with Crippen LogP contribution in [0.4, 0.5) is 5.69 Å². The summed E-state index contributed by atoms with van der Waals surface area (Å²) in [6.45, 7) is 0.780. The van der Waals surface area contributed by atoms with Crippen molar-refractivity contribution >= 4 is 23.5 Å². The highest BCUT2D eigenvalue weighted by Gasteiger charge is 2.38. The van der Waals surface area contributed by atoms with Crippen LogP contribution in [0.15, 0.2) is 24.3 Å². The van der Waals surface area contributed by atoms with Crippen LogP contribution >= 0.6 is 0 Å². The molecule has 0 bridgehead atoms. The molecule has 3 N–H and O–H groups in total. The largest absolute Gasteiger partial charge is 0.481 e. The number of benzene rings is 1. The van der Waals surface area contributed by atoms with Gasteiger partial charge in [0.1, 0.15) is 5.75 Å². The van der Waals surface area contributed by atoms with Gasteiger partial charge in [0, 0.05) is 13.2 Å². The monoisotopic (exact) mass is 348 g/mol. The standard InChI is InChI=1S/C17H20N2O6/c20-14(19-17(10-15(21)22)5-7-24-8-6-17)9-13-16(23)18-11-3-1-2-4-12(11)25-13/h1-4,13H,5-10H2,(H,18,23)(H,19,20)(H,21,22). The Balaban J connectivity index is 1.65. The lowest BCUT2D eigenvalue weighted by Gasteiger charge is -2.37. The van der Waals surface area contributed by atoms with Crippen molar-refractivity contribution in [2.24, 2.45) is 0 Å². The molecule has 2 aliphatic heterocycles. The number of para-hydroxylation sites is 2. The summed E-state index contributed by atoms with van der Waals surface area (Å²) in [5.41, 5.74) is -0.277. The summed E-state index contributed by atoms with van der Waals surface area (Å²) in [5, 5.41) is 14.6. The van der Waals surface area contributed by atoms with E-state index in [1.165, 1.54) is 0 Å². The number of carboxylic acids is 1. The molecule has 2 aliphatic rings. The third kappa shape index (κ3) is 4.08. The van der Waals surface area contributed by atoms with Crippen LogP contribution < -0.4 is 15.4 Å². The molecular formula is C17H20N2O6. The molecule has 134 valence electrons. The van der Waals surface area contributed by atoms with Crippen LogP contribution in [0.25, 0.3) is 0 Å². The van der Waals surface area contributed by atoms with Gasteiger partial charge in [-0.25, -0.2) is 0 Å². The Hall–Kier alpha value is -2.61. The minimum Gasteiger partial charge on any atom is -0.481 e. The Morgan fingerprint density at radius 2 is 2.00 bits per heavy atom. The second kappa shape index (κ2) is 7.10. The quantitative estimate of drug-likeness (QED) is 0.729. The van der Waals surface area contributed by atoms with Crippen molar-refractivity contribution in [2.75, 3.05) is 18.5 Å². The Morgan fingerprint density at radius 1 is 1.28 bits per heavy atom. The maximum Gasteiger partial charge on any atom is 0.305 e. The summed E-state index contributed by atoms with van der Waals surface area (Å²) < 4.78 is 10.9. The van der Waals surface area contributed by atoms with Gasteiger partial charge in [-0.05, 0) is 25.0 Å². The van der Waals surface area contributed by atoms with E-state index in [2.05, 4.69) is 10.6 Å². The highest BCUT2D eigenvalue weighted by atomic mass is 16.5. The molecule has 0 spiro atoms. The number of ether oxygens (including phenoxy) is 2. The van der Waals surface area contributed by atoms with Gasteiger partial charge in [-0.15, -0.1) is 0 Å². The zero-order valence-electron chi connectivity index (χ0n) is 13.6. The zero-order chi connectivity index (χ0) is 17.9. The molecule has 8 heteroatoms. The van der Waals surface area contributed by atoms with Crippen LogP contribution in [-0.4, -0.2) is 47.7 Å². The molecule has 0 saturated carbocycles. The second-order valence-corrected chi connectivity index (χ2v) is 6.31. The number of hydrogen-bond acceptors (Lipinski definition) is 5. The third-order valence-corrected chi connectivity index (χ3v) is 4.42. The fourth-order valence-corrected chi connectivity index (χ4v) is 3.14. The second-order valence-electron chi connectivity index (χ2n) is 6.31. The highest BCUT2D eigenvalue weighted by Crippen LogP contribution is 2.30. The molecule has 0 aromatic heterocycles. The van der Waals surface area contributed by atoms with Crippen LogP contribution in [0.3, 0.4) is 0 Å². The minimum absolute atomic E-state index is 0.178. The predicted octanol–water partition coefficient (Wildman–Crippen LogP) is 0.916. The first-order valence-electron chi connectivity index (χ1n) is 8.15. The summed E-state index contributed by atoms with van der Waals surface area (Å²) in [6, 6.07) is 6.98. The number of fused-ring (bicyclic) bond motifs is 1. The molecule has 1 unspecified atom stereocenters. The third-order valence-electron chi connectivity index (χ3n) is 4.42. The van der Waals surface area contributed by atoms with Gasteiger partial charge in [0.25, 0.3) is 5.91 Å². The maximum absolute atomic E-state index is 12.4. The molecule has 3 rings (SSSR count). The SMILES string of the molecule is O=C(O)CC1(NC(=O)CC2Oc3ccccc3NC2=O)CCOCC1. The molecule has 8 nitrogen and oxygen atoms in total. The average Bonchev–Trinajstić information content (AvgIpc) is 2.55. The van der Waals surface area contributed by atoms with Crippen molar-refractivity contribution in [1.29, 1.82) is 0 Å². The van der Waals surface area contributed by atoms with E-state index in [0.717, 1.165) is 0 Å². The number of carbonyl (C=O) groups excluding carboxylic acids is 2. The van der Waals surface area contributed by atoms with Gasteiger partial charge in [-0.3, -0.25) is 14.4 Å². The number of aliphatic carboxylic acids is 1. The Morgan fingerprint density at radius 3 is 2.72 bits per heavy atom. The van der Waals surface area contributed by atoms with E-state index < -0.39 is 29.4 Å². The van der Waals surface area contributed by atoms with Gasteiger partial charge in [0.05, 0.1) is 24.1 Å². The summed E-state index contributed by atoms with van der Waals surface area (Å²) in [7, 11) is 0. The topological polar surface area (TPSA) is 114 Å². The van der Waals surface area contributed by atoms with E-state index in [1.54, 1.807) is 24.3 Å². The average molecular weight is 348 g/mol. The van der Waals surface area contributed by atoms with E-state index in [0.29, 0.717) is 37.5 Å². The van der Waals surface area contributed by atoms with Crippen LogP contribution in [0.1, 0.15) is 25.7 Å². The van der Waals surface area contributed by atoms with Gasteiger partial charge >= 0.3 is 5.97 Å². The number of hydrogen-bond donors (Lipinski definition) is 3. The summed E-state index contributed by atoms with van der Waals surface area (Å²) >= 11 is 0. The van der Waals surface area contributed by atoms with Crippen LogP contribution in [0, 0.1) is 0 Å². The molecule has 1 aromatic rings. The Labute approximate surface area is 144 Å².